The molecule has 6 N–H and O–H groups in total. The van der Waals surface area contributed by atoms with Crippen LogP contribution in [0.5, 0.6) is 0 Å². The number of nitrogens with zero attached hydrogens (tertiary/aromatic N) is 1. The van der Waals surface area contributed by atoms with Crippen LogP contribution in [0.1, 0.15) is 11.1 Å². The van der Waals surface area contributed by atoms with Gasteiger partial charge >= 0.3 is 12.1 Å². The Hall–Kier alpha value is -4.17. The van der Waals surface area contributed by atoms with Crippen LogP contribution in [0, 0.1) is 0 Å². The molecule has 1 aromatic heterocycles. The normalized spacial score (nSPS) is 13.0. The van der Waals surface area contributed by atoms with Crippen molar-refractivity contribution in [2.24, 2.45) is 5.73 Å². The average Bonchev–Trinajstić information content (AvgIpc) is 2.88. The fourth-order valence-corrected chi connectivity index (χ4v) is 5.43. The number of nitrogens with two attached hydrogens (primary N) is 2. The van der Waals surface area contributed by atoms with Crippen LogP contribution in [0.4, 0.5) is 24.7 Å². The summed E-state index contributed by atoms with van der Waals surface area (Å²) in [6.07, 6.45) is -2.32. The molecule has 14 heteroatoms. The number of rotatable bonds is 7. The molecular weight excluding hydrogens is 629 g/mol. The van der Waals surface area contributed by atoms with Crippen molar-refractivity contribution < 1.29 is 36.3 Å². The first kappa shape index (κ1) is 31.4. The number of carbonyl (C=O) groups excluding carboxylic acids is 1. The molecular formula is C27H24BrF3N4O5S. The first-order valence-electron chi connectivity index (χ1n) is 11.6. The summed E-state index contributed by atoms with van der Waals surface area (Å²) < 4.78 is 57.4. The number of carboxylic acids is 1. The van der Waals surface area contributed by atoms with Gasteiger partial charge in [-0.25, -0.2) is 18.2 Å². The number of aliphatic carboxylic acids is 1. The number of carbonyl (C=O) groups is 2. The monoisotopic (exact) mass is 652 g/mol. The van der Waals surface area contributed by atoms with Gasteiger partial charge < -0.3 is 21.9 Å². The van der Waals surface area contributed by atoms with Gasteiger partial charge in [0.15, 0.2) is 9.84 Å². The Morgan fingerprint density at radius 1 is 1.02 bits per heavy atom. The van der Waals surface area contributed by atoms with Gasteiger partial charge in [-0.2, -0.15) is 13.2 Å². The van der Waals surface area contributed by atoms with Crippen LogP contribution in [0.15, 0.2) is 88.4 Å². The molecule has 0 aliphatic rings. The van der Waals surface area contributed by atoms with Crippen LogP contribution in [-0.4, -0.2) is 42.8 Å². The number of nitrogens with one attached hydrogen (secondary N) is 1. The number of hydrogen-bond donors (Lipinski definition) is 4. The molecule has 0 saturated carbocycles. The van der Waals surface area contributed by atoms with E-state index in [2.05, 4.69) is 26.2 Å². The molecule has 0 aliphatic heterocycles. The summed E-state index contributed by atoms with van der Waals surface area (Å²) in [4.78, 5) is 26.3. The number of aromatic nitrogens is 1. The number of fused-ring (bicyclic) bond motifs is 1. The molecule has 41 heavy (non-hydrogen) atoms. The highest BCUT2D eigenvalue weighted by Crippen LogP contribution is 2.35. The summed E-state index contributed by atoms with van der Waals surface area (Å²) in [7, 11) is -3.54. The highest BCUT2D eigenvalue weighted by molar-refractivity contribution is 9.10. The molecule has 216 valence electrons. The van der Waals surface area contributed by atoms with E-state index in [1.165, 1.54) is 6.07 Å². The number of halogens is 4. The van der Waals surface area contributed by atoms with E-state index in [9.17, 15) is 26.4 Å². The third kappa shape index (κ3) is 7.52. The first-order valence-corrected chi connectivity index (χ1v) is 14.3. The second-order valence-electron chi connectivity index (χ2n) is 8.90. The molecule has 0 saturated heterocycles. The number of hydrogen-bond acceptors (Lipinski definition) is 7. The number of sulfone groups is 1. The third-order valence-electron chi connectivity index (χ3n) is 5.96. The van der Waals surface area contributed by atoms with Crippen LogP contribution in [-0.2, 0) is 31.4 Å². The van der Waals surface area contributed by atoms with Crippen LogP contribution in [0.3, 0.4) is 0 Å². The molecule has 0 fully saturated rings. The van der Waals surface area contributed by atoms with E-state index in [1.807, 2.05) is 24.3 Å². The standard InChI is InChI=1S/C25H23BrN4O3S.C2HF3O2/c1-34(32,33)22-8-3-2-5-17(22)15-25(24(28)31,18-6-4-7-19(26)14-18)30-20-9-10-21-16(13-20)11-12-29-23(21)27;3-2(4,5)1(6)7/h2-14,30H,15H2,1H3,(H2,27,29)(H2,28,31);(H,6,7)/t25-;/m1./s1. The van der Waals surface area contributed by atoms with Gasteiger partial charge in [-0.3, -0.25) is 4.79 Å². The summed E-state index contributed by atoms with van der Waals surface area (Å²) in [6, 6.07) is 21.1. The largest absolute Gasteiger partial charge is 0.490 e. The molecule has 9 nitrogen and oxygen atoms in total. The maximum absolute atomic E-state index is 13.2. The molecule has 3 aromatic carbocycles. The minimum atomic E-state index is -5.08. The zero-order valence-corrected chi connectivity index (χ0v) is 23.7. The van der Waals surface area contributed by atoms with Crippen molar-refractivity contribution in [3.8, 4) is 0 Å². The van der Waals surface area contributed by atoms with Crippen molar-refractivity contribution in [3.05, 3.63) is 94.6 Å². The van der Waals surface area contributed by atoms with Crippen molar-refractivity contribution in [2.45, 2.75) is 23.0 Å². The number of nitrogen functional groups attached to an aromatic ring is 1. The average molecular weight is 653 g/mol. The van der Waals surface area contributed by atoms with Crippen LogP contribution >= 0.6 is 15.9 Å². The number of anilines is 2. The molecule has 4 aromatic rings. The number of carboxylic acid groups (broad SMARTS) is 1. The smallest absolute Gasteiger partial charge is 0.475 e. The second kappa shape index (κ2) is 12.1. The highest BCUT2D eigenvalue weighted by atomic mass is 79.9. The number of amides is 1. The molecule has 0 spiro atoms. The lowest BCUT2D eigenvalue weighted by molar-refractivity contribution is -0.192. The van der Waals surface area contributed by atoms with Gasteiger partial charge in [0.1, 0.15) is 11.4 Å². The molecule has 0 bridgehead atoms. The third-order valence-corrected chi connectivity index (χ3v) is 7.65. The summed E-state index contributed by atoms with van der Waals surface area (Å²) in [5.74, 6) is -3.00. The minimum absolute atomic E-state index is 0.0125. The van der Waals surface area contributed by atoms with E-state index in [0.717, 1.165) is 21.5 Å². The Kier molecular flexibility index (Phi) is 9.29. The van der Waals surface area contributed by atoms with Gasteiger partial charge in [-0.05, 0) is 59.0 Å². The molecule has 1 amide bonds. The fraction of sp³-hybridized carbons (Fsp3) is 0.148. The van der Waals surface area contributed by atoms with Crippen molar-refractivity contribution in [3.63, 3.8) is 0 Å². The minimum Gasteiger partial charge on any atom is -0.475 e. The highest BCUT2D eigenvalue weighted by Gasteiger charge is 2.40. The van der Waals surface area contributed by atoms with Gasteiger partial charge in [-0.15, -0.1) is 0 Å². The maximum Gasteiger partial charge on any atom is 0.490 e. The van der Waals surface area contributed by atoms with Crippen molar-refractivity contribution >= 4 is 59.9 Å². The van der Waals surface area contributed by atoms with E-state index in [-0.39, 0.29) is 11.3 Å². The van der Waals surface area contributed by atoms with Crippen molar-refractivity contribution in [1.29, 1.82) is 0 Å². The zero-order valence-electron chi connectivity index (χ0n) is 21.3. The van der Waals surface area contributed by atoms with Crippen LogP contribution < -0.4 is 16.8 Å². The van der Waals surface area contributed by atoms with Gasteiger partial charge in [0.2, 0.25) is 5.91 Å². The lowest BCUT2D eigenvalue weighted by atomic mass is 9.82. The fourth-order valence-electron chi connectivity index (χ4n) is 4.09. The SMILES string of the molecule is CS(=O)(=O)c1ccccc1C[C@](Nc1ccc2c(N)nccc2c1)(C(N)=O)c1cccc(Br)c1.O=C(O)C(F)(F)F. The zero-order chi connectivity index (χ0) is 30.6. The van der Waals surface area contributed by atoms with Crippen LogP contribution in [0.2, 0.25) is 0 Å². The van der Waals surface area contributed by atoms with Crippen molar-refractivity contribution in [1.82, 2.24) is 4.98 Å². The van der Waals surface area contributed by atoms with Gasteiger partial charge in [-0.1, -0.05) is 46.3 Å². The van der Waals surface area contributed by atoms with Crippen LogP contribution in [0.25, 0.3) is 10.8 Å². The van der Waals surface area contributed by atoms with E-state index >= 15 is 0 Å². The van der Waals surface area contributed by atoms with E-state index in [0.29, 0.717) is 22.6 Å². The quantitative estimate of drug-likeness (QED) is 0.224. The Morgan fingerprint density at radius 2 is 1.68 bits per heavy atom. The molecule has 4 rings (SSSR count). The predicted octanol–water partition coefficient (Wildman–Crippen LogP) is 4.65. The number of benzene rings is 3. The molecule has 1 atom stereocenters. The molecule has 0 aliphatic carbocycles. The van der Waals surface area contributed by atoms with Gasteiger partial charge in [0.05, 0.1) is 4.90 Å². The Balaban J connectivity index is 0.000000587. The summed E-state index contributed by atoms with van der Waals surface area (Å²) in [6.45, 7) is 0. The first-order chi connectivity index (χ1) is 19.0. The Bertz CT molecular complexity index is 1720. The summed E-state index contributed by atoms with van der Waals surface area (Å²) >= 11 is 3.46. The predicted molar refractivity (Wildman–Crippen MR) is 152 cm³/mol. The van der Waals surface area contributed by atoms with E-state index in [1.54, 1.807) is 48.7 Å². The second-order valence-corrected chi connectivity index (χ2v) is 11.8. The molecule has 0 unspecified atom stereocenters. The van der Waals surface area contributed by atoms with Gasteiger partial charge in [0.25, 0.3) is 0 Å². The topological polar surface area (TPSA) is 165 Å². The summed E-state index contributed by atoms with van der Waals surface area (Å²) in [5, 5.41) is 12.1. The number of alkyl halides is 3. The van der Waals surface area contributed by atoms with Gasteiger partial charge in [0, 0.05) is 34.4 Å². The summed E-state index contributed by atoms with van der Waals surface area (Å²) in [5.41, 5.74) is 12.3. The Morgan fingerprint density at radius 3 is 2.27 bits per heavy atom. The molecule has 0 radical (unpaired) electrons. The number of pyridine rings is 1. The number of primary amides is 1. The maximum atomic E-state index is 13.2. The molecule has 1 heterocycles. The lowest BCUT2D eigenvalue weighted by Gasteiger charge is -2.34. The van der Waals surface area contributed by atoms with E-state index in [4.69, 9.17) is 21.4 Å². The lowest BCUT2D eigenvalue weighted by Crippen LogP contribution is -2.49. The Labute approximate surface area is 241 Å². The van der Waals surface area contributed by atoms with Crippen molar-refractivity contribution in [2.75, 3.05) is 17.3 Å². The van der Waals surface area contributed by atoms with E-state index < -0.39 is 33.4 Å².